The second kappa shape index (κ2) is 9.09. The van der Waals surface area contributed by atoms with E-state index in [1.54, 1.807) is 0 Å². The number of nitrogens with zero attached hydrogens (tertiary/aromatic N) is 1. The van der Waals surface area contributed by atoms with E-state index in [9.17, 15) is 4.79 Å². The highest BCUT2D eigenvalue weighted by Gasteiger charge is 2.12. The second-order valence-corrected chi connectivity index (χ2v) is 8.21. The molecule has 1 heterocycles. The minimum atomic E-state index is -0.0777. The van der Waals surface area contributed by atoms with E-state index in [0.29, 0.717) is 5.56 Å². The van der Waals surface area contributed by atoms with E-state index in [4.69, 9.17) is 0 Å². The number of carbonyl (C=O) groups is 1. The van der Waals surface area contributed by atoms with Gasteiger partial charge in [-0.2, -0.15) is 11.8 Å². The molecule has 28 heavy (non-hydrogen) atoms. The second-order valence-electron chi connectivity index (χ2n) is 6.99. The molecule has 0 unspecified atom stereocenters. The average Bonchev–Trinajstić information content (AvgIpc) is 2.75. The Kier molecular flexibility index (Phi) is 6.10. The Labute approximate surface area is 170 Å². The Morgan fingerprint density at radius 2 is 1.57 bits per heavy atom. The van der Waals surface area contributed by atoms with Gasteiger partial charge >= 0.3 is 0 Å². The van der Waals surface area contributed by atoms with Crippen molar-refractivity contribution in [1.29, 1.82) is 0 Å². The zero-order chi connectivity index (χ0) is 19.2. The number of benzene rings is 3. The van der Waals surface area contributed by atoms with Crippen LogP contribution < -0.4 is 5.32 Å². The molecule has 3 nitrogen and oxygen atoms in total. The van der Waals surface area contributed by atoms with Crippen molar-refractivity contribution in [3.8, 4) is 11.1 Å². The van der Waals surface area contributed by atoms with Crippen molar-refractivity contribution in [1.82, 2.24) is 4.90 Å². The smallest absolute Gasteiger partial charge is 0.255 e. The molecule has 1 aliphatic rings. The predicted molar refractivity (Wildman–Crippen MR) is 119 cm³/mol. The van der Waals surface area contributed by atoms with Crippen LogP contribution in [0.2, 0.25) is 0 Å². The van der Waals surface area contributed by atoms with Gasteiger partial charge in [-0.1, -0.05) is 54.6 Å². The predicted octanol–water partition coefficient (Wildman–Crippen LogP) is 5.15. The van der Waals surface area contributed by atoms with E-state index in [1.807, 2.05) is 66.4 Å². The third-order valence-electron chi connectivity index (χ3n) is 4.95. The largest absolute Gasteiger partial charge is 0.322 e. The minimum absolute atomic E-state index is 0.0777. The fraction of sp³-hybridized carbons (Fsp3) is 0.208. The summed E-state index contributed by atoms with van der Waals surface area (Å²) in [5.41, 5.74) is 5.01. The van der Waals surface area contributed by atoms with Gasteiger partial charge in [-0.3, -0.25) is 9.69 Å². The summed E-state index contributed by atoms with van der Waals surface area (Å²) in [6.07, 6.45) is 0. The fourth-order valence-electron chi connectivity index (χ4n) is 3.41. The number of anilines is 1. The molecule has 0 atom stereocenters. The van der Waals surface area contributed by atoms with Crippen molar-refractivity contribution in [2.24, 2.45) is 0 Å². The minimum Gasteiger partial charge on any atom is -0.322 e. The van der Waals surface area contributed by atoms with Gasteiger partial charge in [0.15, 0.2) is 0 Å². The maximum Gasteiger partial charge on any atom is 0.255 e. The average molecular weight is 389 g/mol. The summed E-state index contributed by atoms with van der Waals surface area (Å²) < 4.78 is 0. The van der Waals surface area contributed by atoms with Crippen LogP contribution in [0.1, 0.15) is 15.9 Å². The Hall–Kier alpha value is -2.56. The normalized spacial score (nSPS) is 14.6. The Morgan fingerprint density at radius 1 is 0.857 bits per heavy atom. The maximum atomic E-state index is 12.6. The van der Waals surface area contributed by atoms with Gasteiger partial charge in [0, 0.05) is 42.4 Å². The number of hydrogen-bond donors (Lipinski definition) is 1. The van der Waals surface area contributed by atoms with Crippen LogP contribution in [0.25, 0.3) is 11.1 Å². The van der Waals surface area contributed by atoms with Crippen molar-refractivity contribution < 1.29 is 4.79 Å². The molecule has 1 fully saturated rings. The summed E-state index contributed by atoms with van der Waals surface area (Å²) in [6, 6.07) is 26.1. The quantitative estimate of drug-likeness (QED) is 0.656. The lowest BCUT2D eigenvalue weighted by Crippen LogP contribution is -2.31. The summed E-state index contributed by atoms with van der Waals surface area (Å²) >= 11 is 2.02. The van der Waals surface area contributed by atoms with Crippen LogP contribution in [-0.4, -0.2) is 35.4 Å². The standard InChI is InChI=1S/C24H24N2OS/c27-24(22-11-9-21(10-12-22)20-6-2-1-3-7-20)25-23-8-4-5-19(17-23)18-26-13-15-28-16-14-26/h1-12,17H,13-16,18H2,(H,25,27). The van der Waals surface area contributed by atoms with Crippen LogP contribution in [0.15, 0.2) is 78.9 Å². The van der Waals surface area contributed by atoms with Gasteiger partial charge in [-0.15, -0.1) is 0 Å². The number of amides is 1. The van der Waals surface area contributed by atoms with Gasteiger partial charge in [-0.25, -0.2) is 0 Å². The molecule has 0 aliphatic carbocycles. The van der Waals surface area contributed by atoms with Crippen LogP contribution >= 0.6 is 11.8 Å². The SMILES string of the molecule is O=C(Nc1cccc(CN2CCSCC2)c1)c1ccc(-c2ccccc2)cc1. The van der Waals surface area contributed by atoms with Crippen LogP contribution in [0, 0.1) is 0 Å². The van der Waals surface area contributed by atoms with Gasteiger partial charge < -0.3 is 5.32 Å². The van der Waals surface area contributed by atoms with E-state index < -0.39 is 0 Å². The summed E-state index contributed by atoms with van der Waals surface area (Å²) in [5.74, 6) is 2.33. The fourth-order valence-corrected chi connectivity index (χ4v) is 4.39. The Bertz CT molecular complexity index is 919. The third kappa shape index (κ3) is 4.83. The van der Waals surface area contributed by atoms with Crippen molar-refractivity contribution in [2.45, 2.75) is 6.54 Å². The molecule has 1 amide bonds. The van der Waals surface area contributed by atoms with Crippen molar-refractivity contribution in [3.05, 3.63) is 90.0 Å². The molecule has 0 aromatic heterocycles. The molecule has 3 aromatic carbocycles. The van der Waals surface area contributed by atoms with Crippen LogP contribution in [-0.2, 0) is 6.54 Å². The Balaban J connectivity index is 1.41. The van der Waals surface area contributed by atoms with Gasteiger partial charge in [-0.05, 0) is 41.0 Å². The summed E-state index contributed by atoms with van der Waals surface area (Å²) in [6.45, 7) is 3.21. The number of carbonyl (C=O) groups excluding carboxylic acids is 1. The first-order valence-corrected chi connectivity index (χ1v) is 10.8. The van der Waals surface area contributed by atoms with Gasteiger partial charge in [0.2, 0.25) is 0 Å². The van der Waals surface area contributed by atoms with E-state index in [2.05, 4.69) is 34.5 Å². The molecular formula is C24H24N2OS. The third-order valence-corrected chi connectivity index (χ3v) is 5.89. The summed E-state index contributed by atoms with van der Waals surface area (Å²) in [7, 11) is 0. The van der Waals surface area contributed by atoms with Gasteiger partial charge in [0.25, 0.3) is 5.91 Å². The lowest BCUT2D eigenvalue weighted by Gasteiger charge is -2.26. The number of nitrogens with one attached hydrogen (secondary N) is 1. The maximum absolute atomic E-state index is 12.6. The number of rotatable bonds is 5. The lowest BCUT2D eigenvalue weighted by atomic mass is 10.0. The first-order chi connectivity index (χ1) is 13.8. The lowest BCUT2D eigenvalue weighted by molar-refractivity contribution is 0.102. The van der Waals surface area contributed by atoms with E-state index in [-0.39, 0.29) is 5.91 Å². The molecule has 1 aliphatic heterocycles. The van der Waals surface area contributed by atoms with Gasteiger partial charge in [0.1, 0.15) is 0 Å². The summed E-state index contributed by atoms with van der Waals surface area (Å²) in [5, 5.41) is 3.03. The first kappa shape index (κ1) is 18.8. The molecule has 4 rings (SSSR count). The van der Waals surface area contributed by atoms with Gasteiger partial charge in [0.05, 0.1) is 0 Å². The van der Waals surface area contributed by atoms with E-state index in [1.165, 1.54) is 17.1 Å². The Morgan fingerprint density at radius 3 is 2.32 bits per heavy atom. The van der Waals surface area contributed by atoms with E-state index >= 15 is 0 Å². The molecular weight excluding hydrogens is 364 g/mol. The molecule has 1 saturated heterocycles. The highest BCUT2D eigenvalue weighted by atomic mass is 32.2. The van der Waals surface area contributed by atoms with Crippen LogP contribution in [0.3, 0.4) is 0 Å². The molecule has 3 aromatic rings. The molecule has 142 valence electrons. The number of thioether (sulfide) groups is 1. The van der Waals surface area contributed by atoms with E-state index in [0.717, 1.165) is 36.4 Å². The molecule has 0 spiro atoms. The zero-order valence-electron chi connectivity index (χ0n) is 15.8. The molecule has 0 bridgehead atoms. The highest BCUT2D eigenvalue weighted by molar-refractivity contribution is 7.99. The number of hydrogen-bond acceptors (Lipinski definition) is 3. The summed E-state index contributed by atoms with van der Waals surface area (Å²) in [4.78, 5) is 15.1. The molecule has 4 heteroatoms. The van der Waals surface area contributed by atoms with Crippen LogP contribution in [0.4, 0.5) is 5.69 Å². The highest BCUT2D eigenvalue weighted by Crippen LogP contribution is 2.20. The van der Waals surface area contributed by atoms with Crippen molar-refractivity contribution >= 4 is 23.4 Å². The molecule has 0 radical (unpaired) electrons. The zero-order valence-corrected chi connectivity index (χ0v) is 16.6. The topological polar surface area (TPSA) is 32.3 Å². The van der Waals surface area contributed by atoms with Crippen LogP contribution in [0.5, 0.6) is 0 Å². The van der Waals surface area contributed by atoms with Crippen molar-refractivity contribution in [2.75, 3.05) is 29.9 Å². The molecule has 0 saturated carbocycles. The monoisotopic (exact) mass is 388 g/mol. The first-order valence-electron chi connectivity index (χ1n) is 9.64. The van der Waals surface area contributed by atoms with Crippen molar-refractivity contribution in [3.63, 3.8) is 0 Å². The molecule has 1 N–H and O–H groups in total.